The summed E-state index contributed by atoms with van der Waals surface area (Å²) in [6.45, 7) is 30.4. The van der Waals surface area contributed by atoms with Crippen molar-refractivity contribution in [3.05, 3.63) is 77.8 Å². The zero-order valence-corrected chi connectivity index (χ0v) is 28.5. The predicted molar refractivity (Wildman–Crippen MR) is 182 cm³/mol. The van der Waals surface area contributed by atoms with Crippen molar-refractivity contribution >= 4 is 17.6 Å². The van der Waals surface area contributed by atoms with Crippen LogP contribution in [-0.4, -0.2) is 41.1 Å². The van der Waals surface area contributed by atoms with Crippen LogP contribution in [-0.2, 0) is 0 Å². The third-order valence-electron chi connectivity index (χ3n) is 7.61. The molecule has 41 heavy (non-hydrogen) atoms. The number of allylic oxidation sites excluding steroid dienone is 2. The van der Waals surface area contributed by atoms with Gasteiger partial charge in [0.2, 0.25) is 0 Å². The van der Waals surface area contributed by atoms with Gasteiger partial charge in [0.15, 0.2) is 0 Å². The van der Waals surface area contributed by atoms with Crippen LogP contribution in [0.25, 0.3) is 5.70 Å². The van der Waals surface area contributed by atoms with Crippen molar-refractivity contribution < 1.29 is 0 Å². The molecule has 5 nitrogen and oxygen atoms in total. The van der Waals surface area contributed by atoms with Crippen LogP contribution in [0, 0.1) is 23.7 Å². The molecule has 3 unspecified atom stereocenters. The van der Waals surface area contributed by atoms with Crippen molar-refractivity contribution in [2.45, 2.75) is 106 Å². The quantitative estimate of drug-likeness (QED) is 0.146. The van der Waals surface area contributed by atoms with E-state index in [1.165, 1.54) is 47.5 Å². The van der Waals surface area contributed by atoms with Gasteiger partial charge in [-0.1, -0.05) is 66.0 Å². The number of benzene rings is 1. The Bertz CT molecular complexity index is 1090. The number of unbranched alkanes of at least 4 members (excludes halogenated alkanes) is 1. The molecule has 1 aromatic rings. The Labute approximate surface area is 257 Å². The molecule has 0 spiro atoms. The maximum atomic E-state index is 8.42. The second-order valence-corrected chi connectivity index (χ2v) is 12.6. The molecule has 0 aliphatic carbocycles. The molecule has 0 bridgehead atoms. The minimum atomic E-state index is 0.139. The maximum absolute atomic E-state index is 8.42. The highest BCUT2D eigenvalue weighted by atomic mass is 32.2. The molecule has 1 aromatic carbocycles. The number of likely N-dealkylation sites (tertiary alicyclic amines) is 1. The topological polar surface area (TPSA) is 54.1 Å². The Balaban J connectivity index is 0.000000429. The van der Waals surface area contributed by atoms with Crippen LogP contribution in [0.4, 0.5) is 0 Å². The highest BCUT2D eigenvalue weighted by molar-refractivity contribution is 7.97. The van der Waals surface area contributed by atoms with Crippen LogP contribution in [0.2, 0.25) is 0 Å². The van der Waals surface area contributed by atoms with Gasteiger partial charge in [0.25, 0.3) is 0 Å². The van der Waals surface area contributed by atoms with Crippen LogP contribution < -0.4 is 10.6 Å². The summed E-state index contributed by atoms with van der Waals surface area (Å²) in [6.07, 6.45) is 8.83. The highest BCUT2D eigenvalue weighted by Crippen LogP contribution is 2.45. The lowest BCUT2D eigenvalue weighted by Crippen LogP contribution is -2.37. The molecule has 6 heteroatoms. The van der Waals surface area contributed by atoms with Gasteiger partial charge in [0.1, 0.15) is 0 Å². The van der Waals surface area contributed by atoms with Gasteiger partial charge in [-0.05, 0) is 94.6 Å². The van der Waals surface area contributed by atoms with E-state index >= 15 is 0 Å². The Morgan fingerprint density at radius 3 is 2.34 bits per heavy atom. The third-order valence-corrected chi connectivity index (χ3v) is 8.43. The van der Waals surface area contributed by atoms with Crippen molar-refractivity contribution in [1.29, 1.82) is 5.26 Å². The normalized spacial score (nSPS) is 17.7. The summed E-state index contributed by atoms with van der Waals surface area (Å²) in [5, 5.41) is 15.4. The molecule has 1 saturated heterocycles. The number of nitrogens with zero attached hydrogens (tertiary/aromatic N) is 3. The molecule has 2 N–H and O–H groups in total. The SMILES string of the molecule is C=C(NC(C)c1ccc(C2=C(C)N2SC)cc1C)C1CCCN1C.C=CC(NC(=C)CCCC#N)C(C)(C)C.CC. The number of nitrogens with one attached hydrogen (secondary N) is 2. The number of aryl methyl sites for hydroxylation is 1. The molecule has 1 fully saturated rings. The molecule has 2 aliphatic heterocycles. The second kappa shape index (κ2) is 17.4. The van der Waals surface area contributed by atoms with Gasteiger partial charge in [-0.15, -0.1) is 6.58 Å². The largest absolute Gasteiger partial charge is 0.382 e. The van der Waals surface area contributed by atoms with Crippen molar-refractivity contribution in [3.8, 4) is 6.07 Å². The zero-order chi connectivity index (χ0) is 31.3. The number of likely N-dealkylation sites (N-methyl/N-ethyl adjacent to an activating group) is 1. The molecule has 0 radical (unpaired) electrons. The molecule has 0 amide bonds. The van der Waals surface area contributed by atoms with Crippen LogP contribution in [0.5, 0.6) is 0 Å². The van der Waals surface area contributed by atoms with Gasteiger partial charge in [0, 0.05) is 47.8 Å². The fraction of sp³-hybridized carbons (Fsp3) is 0.571. The fourth-order valence-corrected chi connectivity index (χ4v) is 5.94. The van der Waals surface area contributed by atoms with Gasteiger partial charge in [-0.25, -0.2) is 0 Å². The Morgan fingerprint density at radius 2 is 1.88 bits per heavy atom. The highest BCUT2D eigenvalue weighted by Gasteiger charge is 2.30. The van der Waals surface area contributed by atoms with E-state index < -0.39 is 0 Å². The minimum absolute atomic E-state index is 0.139. The smallest absolute Gasteiger partial charge is 0.0796 e. The predicted octanol–water partition coefficient (Wildman–Crippen LogP) is 8.95. The van der Waals surface area contributed by atoms with Gasteiger partial charge >= 0.3 is 0 Å². The van der Waals surface area contributed by atoms with E-state index in [1.54, 1.807) is 11.9 Å². The summed E-state index contributed by atoms with van der Waals surface area (Å²) < 4.78 is 2.29. The fourth-order valence-electron chi connectivity index (χ4n) is 5.20. The average molecular weight is 580 g/mol. The zero-order valence-electron chi connectivity index (χ0n) is 27.7. The standard InChI is InChI=1S/C20H29N3S.C13H22N2.C2H6/c1-13-12-17(20-16(4)23(20)24-6)9-10-18(13)14(2)21-15(3)19-8-7-11-22(19)5;1-6-12(13(3,4)5)15-11(2)9-7-8-10-14;1-2/h9-10,12,14,19,21H,3,7-8,11H2,1-2,4-6H3;6,12,15H,1-2,7-9H2,3-5H3;1-2H3. The van der Waals surface area contributed by atoms with E-state index in [4.69, 9.17) is 5.26 Å². The van der Waals surface area contributed by atoms with Gasteiger partial charge in [-0.2, -0.15) is 5.26 Å². The minimum Gasteiger partial charge on any atom is -0.382 e. The second-order valence-electron chi connectivity index (χ2n) is 11.9. The lowest BCUT2D eigenvalue weighted by molar-refractivity contribution is 0.328. The first-order valence-corrected chi connectivity index (χ1v) is 16.3. The van der Waals surface area contributed by atoms with E-state index in [2.05, 4.69) is 119 Å². The monoisotopic (exact) mass is 579 g/mol. The molecule has 2 heterocycles. The number of rotatable bonds is 12. The number of hydrogen-bond donors (Lipinski definition) is 2. The summed E-state index contributed by atoms with van der Waals surface area (Å²) in [7, 11) is 2.19. The molecule has 3 atom stereocenters. The molecular formula is C35H57N5S. The van der Waals surface area contributed by atoms with Gasteiger partial charge in [0.05, 0.1) is 17.5 Å². The summed E-state index contributed by atoms with van der Waals surface area (Å²) in [5.41, 5.74) is 9.05. The molecule has 228 valence electrons. The lowest BCUT2D eigenvalue weighted by atomic mass is 9.86. The van der Waals surface area contributed by atoms with Crippen LogP contribution in [0.1, 0.15) is 103 Å². The lowest BCUT2D eigenvalue weighted by Gasteiger charge is -2.30. The van der Waals surface area contributed by atoms with Crippen molar-refractivity contribution in [2.75, 3.05) is 19.8 Å². The third kappa shape index (κ3) is 10.9. The van der Waals surface area contributed by atoms with E-state index in [1.807, 2.05) is 19.9 Å². The molecule has 0 saturated carbocycles. The average Bonchev–Trinajstić information content (AvgIpc) is 3.38. The van der Waals surface area contributed by atoms with Gasteiger partial charge in [-0.3, -0.25) is 9.21 Å². The van der Waals surface area contributed by atoms with E-state index in [0.717, 1.165) is 24.2 Å². The van der Waals surface area contributed by atoms with Crippen LogP contribution in [0.15, 0.2) is 61.1 Å². The van der Waals surface area contributed by atoms with Gasteiger partial charge < -0.3 is 10.6 Å². The molecule has 0 aromatic heterocycles. The molecular weight excluding hydrogens is 522 g/mol. The van der Waals surface area contributed by atoms with E-state index in [0.29, 0.717) is 12.5 Å². The Kier molecular flexibility index (Phi) is 15.4. The Morgan fingerprint density at radius 1 is 1.22 bits per heavy atom. The van der Waals surface area contributed by atoms with Crippen molar-refractivity contribution in [3.63, 3.8) is 0 Å². The molecule has 2 aliphatic rings. The van der Waals surface area contributed by atoms with E-state index in [-0.39, 0.29) is 17.5 Å². The summed E-state index contributed by atoms with van der Waals surface area (Å²) in [6, 6.07) is 9.95. The van der Waals surface area contributed by atoms with Crippen LogP contribution in [0.3, 0.4) is 0 Å². The van der Waals surface area contributed by atoms with Crippen molar-refractivity contribution in [2.24, 2.45) is 5.41 Å². The number of hydrogen-bond acceptors (Lipinski definition) is 6. The number of nitriles is 1. The Hall–Kier alpha value is -2.62. The van der Waals surface area contributed by atoms with Crippen molar-refractivity contribution in [1.82, 2.24) is 19.8 Å². The first-order valence-electron chi connectivity index (χ1n) is 15.1. The maximum Gasteiger partial charge on any atom is 0.0796 e. The molecule has 3 rings (SSSR count). The summed E-state index contributed by atoms with van der Waals surface area (Å²) >= 11 is 1.77. The summed E-state index contributed by atoms with van der Waals surface area (Å²) in [4.78, 5) is 2.40. The summed E-state index contributed by atoms with van der Waals surface area (Å²) in [5.74, 6) is 0. The first-order chi connectivity index (χ1) is 19.3. The van der Waals surface area contributed by atoms with E-state index in [9.17, 15) is 0 Å². The first kappa shape index (κ1) is 36.4. The van der Waals surface area contributed by atoms with Crippen LogP contribution >= 0.6 is 11.9 Å².